The van der Waals surface area contributed by atoms with Crippen molar-refractivity contribution in [1.29, 1.82) is 0 Å². The summed E-state index contributed by atoms with van der Waals surface area (Å²) in [4.78, 5) is 4.21. The van der Waals surface area contributed by atoms with Gasteiger partial charge in [0, 0.05) is 24.0 Å². The number of anilines is 1. The Bertz CT molecular complexity index is 1070. The molecule has 130 valence electrons. The number of aryl methyl sites for hydroxylation is 1. The Balaban J connectivity index is 1.80. The van der Waals surface area contributed by atoms with E-state index in [0.29, 0.717) is 21.6 Å². The maximum Gasteiger partial charge on any atom is 0.235 e. The van der Waals surface area contributed by atoms with Crippen molar-refractivity contribution in [3.8, 4) is 16.8 Å². The number of sulfonamides is 1. The zero-order valence-corrected chi connectivity index (χ0v) is 15.5. The third-order valence-electron chi connectivity index (χ3n) is 4.15. The van der Waals surface area contributed by atoms with Crippen LogP contribution in [0, 0.1) is 6.92 Å². The normalized spacial score (nSPS) is 15.6. The van der Waals surface area contributed by atoms with E-state index in [2.05, 4.69) is 9.71 Å². The first-order valence-corrected chi connectivity index (χ1v) is 9.96. The van der Waals surface area contributed by atoms with Gasteiger partial charge in [-0.1, -0.05) is 35.3 Å². The summed E-state index contributed by atoms with van der Waals surface area (Å²) in [5.41, 5.74) is 3.24. The SMILES string of the molecule is Cc1cn(-c2ccc(-c3c(Cl)c(Cl)n4c3NS(=O)(=O)CC4)cc2)cn1. The van der Waals surface area contributed by atoms with Gasteiger partial charge >= 0.3 is 0 Å². The molecule has 0 bridgehead atoms. The van der Waals surface area contributed by atoms with Crippen LogP contribution in [-0.2, 0) is 16.6 Å². The van der Waals surface area contributed by atoms with Crippen molar-refractivity contribution in [1.82, 2.24) is 14.1 Å². The van der Waals surface area contributed by atoms with E-state index >= 15 is 0 Å². The molecule has 0 atom stereocenters. The first-order valence-electron chi connectivity index (χ1n) is 7.55. The summed E-state index contributed by atoms with van der Waals surface area (Å²) in [7, 11) is -3.38. The lowest BCUT2D eigenvalue weighted by Crippen LogP contribution is -2.27. The average Bonchev–Trinajstić information content (AvgIpc) is 3.10. The van der Waals surface area contributed by atoms with E-state index in [0.717, 1.165) is 16.9 Å². The number of aromatic nitrogens is 3. The Morgan fingerprint density at radius 3 is 2.56 bits per heavy atom. The Morgan fingerprint density at radius 2 is 1.92 bits per heavy atom. The van der Waals surface area contributed by atoms with Crippen molar-refractivity contribution in [2.75, 3.05) is 10.5 Å². The molecule has 9 heteroatoms. The molecular formula is C16H14Cl2N4O2S. The molecule has 0 saturated heterocycles. The quantitative estimate of drug-likeness (QED) is 0.717. The molecule has 4 rings (SSSR count). The highest BCUT2D eigenvalue weighted by Gasteiger charge is 2.29. The van der Waals surface area contributed by atoms with Crippen molar-refractivity contribution < 1.29 is 8.42 Å². The van der Waals surface area contributed by atoms with E-state index in [9.17, 15) is 8.42 Å². The minimum Gasteiger partial charge on any atom is -0.315 e. The van der Waals surface area contributed by atoms with Gasteiger partial charge in [0.1, 0.15) is 11.0 Å². The van der Waals surface area contributed by atoms with Crippen LogP contribution in [0.15, 0.2) is 36.8 Å². The van der Waals surface area contributed by atoms with E-state index in [1.165, 1.54) is 0 Å². The molecule has 0 amide bonds. The summed E-state index contributed by atoms with van der Waals surface area (Å²) in [6.45, 7) is 2.20. The second-order valence-corrected chi connectivity index (χ2v) is 8.45. The topological polar surface area (TPSA) is 68.9 Å². The number of hydrogen-bond acceptors (Lipinski definition) is 3. The Labute approximate surface area is 155 Å². The molecule has 2 aromatic heterocycles. The highest BCUT2D eigenvalue weighted by molar-refractivity contribution is 7.92. The molecule has 0 spiro atoms. The molecule has 1 N–H and O–H groups in total. The fraction of sp³-hybridized carbons (Fsp3) is 0.188. The largest absolute Gasteiger partial charge is 0.315 e. The summed E-state index contributed by atoms with van der Waals surface area (Å²) >= 11 is 12.7. The zero-order valence-electron chi connectivity index (χ0n) is 13.2. The van der Waals surface area contributed by atoms with Crippen LogP contribution in [0.25, 0.3) is 16.8 Å². The van der Waals surface area contributed by atoms with Crippen LogP contribution in [0.1, 0.15) is 5.69 Å². The standard InChI is InChI=1S/C16H14Cl2N4O2S/c1-10-8-21(9-19-10)12-4-2-11(3-5-12)13-14(17)15(18)22-6-7-25(23,24)20-16(13)22/h2-5,8-9,20H,6-7H2,1H3. The summed E-state index contributed by atoms with van der Waals surface area (Å²) < 4.78 is 30.0. The van der Waals surface area contributed by atoms with Gasteiger partial charge in [-0.15, -0.1) is 0 Å². The number of fused-ring (bicyclic) bond motifs is 1. The summed E-state index contributed by atoms with van der Waals surface area (Å²) in [5.74, 6) is 0.385. The van der Waals surface area contributed by atoms with Gasteiger partial charge < -0.3 is 9.13 Å². The molecule has 25 heavy (non-hydrogen) atoms. The van der Waals surface area contributed by atoms with Gasteiger partial charge in [0.15, 0.2) is 0 Å². The molecule has 1 aliphatic rings. The third kappa shape index (κ3) is 2.82. The van der Waals surface area contributed by atoms with Crippen LogP contribution in [-0.4, -0.2) is 28.3 Å². The summed E-state index contributed by atoms with van der Waals surface area (Å²) in [6.07, 6.45) is 3.66. The first kappa shape index (κ1) is 16.5. The smallest absolute Gasteiger partial charge is 0.235 e. The molecule has 0 saturated carbocycles. The van der Waals surface area contributed by atoms with Gasteiger partial charge in [0.25, 0.3) is 0 Å². The van der Waals surface area contributed by atoms with E-state index in [-0.39, 0.29) is 12.3 Å². The maximum absolute atomic E-state index is 11.9. The molecule has 3 aromatic rings. The minimum absolute atomic E-state index is 0.0247. The van der Waals surface area contributed by atoms with E-state index in [1.807, 2.05) is 42.0 Å². The Kier molecular flexibility index (Phi) is 3.82. The second-order valence-electron chi connectivity index (χ2n) is 5.87. The number of nitrogens with zero attached hydrogens (tertiary/aromatic N) is 3. The number of imidazole rings is 1. The molecule has 1 aromatic carbocycles. The number of benzene rings is 1. The van der Waals surface area contributed by atoms with Crippen LogP contribution < -0.4 is 4.72 Å². The average molecular weight is 397 g/mol. The molecule has 3 heterocycles. The molecule has 0 fully saturated rings. The van der Waals surface area contributed by atoms with Gasteiger partial charge in [-0.05, 0) is 24.6 Å². The van der Waals surface area contributed by atoms with Crippen LogP contribution in [0.4, 0.5) is 5.82 Å². The molecule has 0 unspecified atom stereocenters. The third-order valence-corrected chi connectivity index (χ3v) is 6.23. The van der Waals surface area contributed by atoms with Crippen molar-refractivity contribution in [3.63, 3.8) is 0 Å². The summed E-state index contributed by atoms with van der Waals surface area (Å²) in [6, 6.07) is 7.60. The lowest BCUT2D eigenvalue weighted by atomic mass is 10.1. The van der Waals surface area contributed by atoms with Crippen LogP contribution in [0.5, 0.6) is 0 Å². The second kappa shape index (κ2) is 5.79. The van der Waals surface area contributed by atoms with Crippen molar-refractivity contribution >= 4 is 39.0 Å². The van der Waals surface area contributed by atoms with Crippen molar-refractivity contribution in [2.24, 2.45) is 0 Å². The fourth-order valence-electron chi connectivity index (χ4n) is 2.91. The molecule has 1 aliphatic heterocycles. The Morgan fingerprint density at radius 1 is 1.20 bits per heavy atom. The lowest BCUT2D eigenvalue weighted by molar-refractivity contribution is 0.588. The van der Waals surface area contributed by atoms with E-state index in [1.54, 1.807) is 10.9 Å². The van der Waals surface area contributed by atoms with Gasteiger partial charge in [0.2, 0.25) is 10.0 Å². The Hall–Kier alpha value is -1.96. The molecule has 0 aliphatic carbocycles. The molecular weight excluding hydrogens is 383 g/mol. The van der Waals surface area contributed by atoms with Gasteiger partial charge in [-0.3, -0.25) is 4.72 Å². The molecule has 0 radical (unpaired) electrons. The van der Waals surface area contributed by atoms with Crippen LogP contribution >= 0.6 is 23.2 Å². The van der Waals surface area contributed by atoms with Crippen molar-refractivity contribution in [3.05, 3.63) is 52.7 Å². The number of hydrogen-bond donors (Lipinski definition) is 1. The lowest BCUT2D eigenvalue weighted by Gasteiger charge is -2.19. The first-order chi connectivity index (χ1) is 11.9. The maximum atomic E-state index is 11.9. The number of rotatable bonds is 2. The van der Waals surface area contributed by atoms with Crippen molar-refractivity contribution in [2.45, 2.75) is 13.5 Å². The molecule has 6 nitrogen and oxygen atoms in total. The van der Waals surface area contributed by atoms with E-state index in [4.69, 9.17) is 23.2 Å². The van der Waals surface area contributed by atoms with E-state index < -0.39 is 10.0 Å². The number of halogens is 2. The predicted octanol–water partition coefficient (Wildman–Crippen LogP) is 3.71. The van der Waals surface area contributed by atoms with Crippen LogP contribution in [0.3, 0.4) is 0 Å². The highest BCUT2D eigenvalue weighted by Crippen LogP contribution is 2.44. The number of nitrogens with one attached hydrogen (secondary N) is 1. The fourth-order valence-corrected chi connectivity index (χ4v) is 4.51. The van der Waals surface area contributed by atoms with Gasteiger partial charge in [0.05, 0.1) is 22.8 Å². The predicted molar refractivity (Wildman–Crippen MR) is 99.2 cm³/mol. The minimum atomic E-state index is -3.38. The van der Waals surface area contributed by atoms with Gasteiger partial charge in [-0.2, -0.15) is 0 Å². The summed E-state index contributed by atoms with van der Waals surface area (Å²) in [5, 5.41) is 0.677. The highest BCUT2D eigenvalue weighted by atomic mass is 35.5. The monoisotopic (exact) mass is 396 g/mol. The van der Waals surface area contributed by atoms with Crippen LogP contribution in [0.2, 0.25) is 10.2 Å². The van der Waals surface area contributed by atoms with Gasteiger partial charge in [-0.25, -0.2) is 13.4 Å². The zero-order chi connectivity index (χ0) is 17.8.